The molecule has 0 aromatic carbocycles. The Morgan fingerprint density at radius 1 is 1.50 bits per heavy atom. The molecule has 0 amide bonds. The summed E-state index contributed by atoms with van der Waals surface area (Å²) in [7, 11) is -0.833. The predicted molar refractivity (Wildman–Crippen MR) is 45.8 cm³/mol. The number of rotatable bonds is 4. The van der Waals surface area contributed by atoms with Gasteiger partial charge in [0.15, 0.2) is 0 Å². The third-order valence-corrected chi connectivity index (χ3v) is 2.44. The van der Waals surface area contributed by atoms with Crippen LogP contribution in [0.25, 0.3) is 0 Å². The van der Waals surface area contributed by atoms with Gasteiger partial charge in [0.25, 0.3) is 0 Å². The van der Waals surface area contributed by atoms with E-state index in [9.17, 15) is 0 Å². The third-order valence-electron chi connectivity index (χ3n) is 1.05. The van der Waals surface area contributed by atoms with E-state index in [2.05, 4.69) is 13.8 Å². The molecule has 4 heteroatoms. The summed E-state index contributed by atoms with van der Waals surface area (Å²) in [5.41, 5.74) is 0. The van der Waals surface area contributed by atoms with Crippen molar-refractivity contribution in [1.82, 2.24) is 0 Å². The first-order chi connectivity index (χ1) is 4.83. The summed E-state index contributed by atoms with van der Waals surface area (Å²) < 4.78 is 8.46. The third kappa shape index (κ3) is 23.5. The molecule has 0 aliphatic carbocycles. The van der Waals surface area contributed by atoms with Crippen molar-refractivity contribution in [2.45, 2.75) is 37.3 Å². The van der Waals surface area contributed by atoms with Crippen LogP contribution in [0.1, 0.15) is 26.7 Å². The summed E-state index contributed by atoms with van der Waals surface area (Å²) in [5.74, 6) is 0. The molecule has 0 aromatic rings. The van der Waals surface area contributed by atoms with Crippen LogP contribution < -0.4 is 0 Å². The zero-order valence-electron chi connectivity index (χ0n) is 6.71. The molecule has 0 atom stereocenters. The van der Waals surface area contributed by atoms with Gasteiger partial charge < -0.3 is 4.89 Å². The van der Waals surface area contributed by atoms with Crippen molar-refractivity contribution >= 4 is 23.9 Å². The van der Waals surface area contributed by atoms with Crippen molar-refractivity contribution in [3.63, 3.8) is 0 Å². The molecule has 0 aromatic heterocycles. The second-order valence-electron chi connectivity index (χ2n) is 1.92. The fourth-order valence-electron chi connectivity index (χ4n) is 0.553. The van der Waals surface area contributed by atoms with Gasteiger partial charge >= 0.3 is 61.2 Å². The second kappa shape index (κ2) is 16.3. The van der Waals surface area contributed by atoms with E-state index in [1.165, 1.54) is 23.4 Å². The Hall–Kier alpha value is 0.592. The molecule has 0 fully saturated rings. The van der Waals surface area contributed by atoms with E-state index in [1.807, 2.05) is 0 Å². The molecule has 0 heterocycles. The van der Waals surface area contributed by atoms with E-state index < -0.39 is 8.69 Å². The molecule has 0 saturated carbocycles. The smallest absolute Gasteiger partial charge is 0.310 e. The van der Waals surface area contributed by atoms with Crippen LogP contribution >= 0.6 is 8.69 Å². The van der Waals surface area contributed by atoms with Crippen molar-refractivity contribution in [2.24, 2.45) is 0 Å². The van der Waals surface area contributed by atoms with Gasteiger partial charge in [0.2, 0.25) is 0 Å². The van der Waals surface area contributed by atoms with E-state index in [4.69, 9.17) is 9.46 Å². The monoisotopic (exact) mass is 177 g/mol. The van der Waals surface area contributed by atoms with Crippen LogP contribution in [0, 0.1) is 0 Å². The molecule has 0 bridgehead atoms. The molecule has 0 saturated heterocycles. The predicted octanol–water partition coefficient (Wildman–Crippen LogP) is 2.53. The average molecular weight is 177 g/mol. The van der Waals surface area contributed by atoms with E-state index in [-0.39, 0.29) is 0 Å². The van der Waals surface area contributed by atoms with Crippen molar-refractivity contribution in [3.8, 4) is 0 Å². The largest absolute Gasteiger partial charge is 0.324 e. The van der Waals surface area contributed by atoms with E-state index in [1.54, 1.807) is 0 Å². The molecule has 0 rings (SSSR count). The van der Waals surface area contributed by atoms with Gasteiger partial charge in [-0.3, -0.25) is 0 Å². The summed E-state index contributed by atoms with van der Waals surface area (Å²) in [6.07, 6.45) is 2.84. The molecule has 1 N–H and O–H groups in total. The summed E-state index contributed by atoms with van der Waals surface area (Å²) >= 11 is 0.816. The van der Waals surface area contributed by atoms with Gasteiger partial charge in [0.05, 0.1) is 0 Å². The van der Waals surface area contributed by atoms with Crippen LogP contribution in [0.2, 0.25) is 10.6 Å². The van der Waals surface area contributed by atoms with E-state index in [0.717, 1.165) is 15.2 Å². The molecule has 2 nitrogen and oxygen atoms in total. The van der Waals surface area contributed by atoms with Crippen LogP contribution in [-0.4, -0.2) is 20.1 Å². The van der Waals surface area contributed by atoms with Crippen LogP contribution in [0.3, 0.4) is 0 Å². The Morgan fingerprint density at radius 3 is 2.30 bits per heavy atom. The molecule has 0 radical (unpaired) electrons. The zero-order valence-corrected chi connectivity index (χ0v) is 8.76. The Bertz CT molecular complexity index is 57.7. The van der Waals surface area contributed by atoms with Gasteiger partial charge in [0, 0.05) is 0 Å². The molecule has 10 heavy (non-hydrogen) atoms. The average Bonchev–Trinajstić information content (AvgIpc) is 1.91. The van der Waals surface area contributed by atoms with Gasteiger partial charge in [0.1, 0.15) is 0 Å². The standard InChI is InChI=1S/C4H9.C2H5.Al.HO2P/c1-3-4-2;1-2;;1-3-2/h1,3-4H2,2H3;1H2,2H3;;(H,1,2)/q;;+1;. The molecule has 58 valence electrons. The number of hydrogen-bond acceptors (Lipinski definition) is 1. The maximum absolute atomic E-state index is 8.46. The summed E-state index contributed by atoms with van der Waals surface area (Å²) in [4.78, 5) is 6.99. The first-order valence-electron chi connectivity index (χ1n) is 3.61. The van der Waals surface area contributed by atoms with Crippen molar-refractivity contribution < 1.29 is 9.46 Å². The van der Waals surface area contributed by atoms with Gasteiger partial charge in [-0.25, -0.2) is 4.57 Å². The molecule has 0 aliphatic rings. The quantitative estimate of drug-likeness (QED) is 0.407. The maximum Gasteiger partial charge on any atom is 0.324 e. The zero-order chi connectivity index (χ0) is 8.24. The minimum atomic E-state index is -0.833. The first-order valence-corrected chi connectivity index (χ1v) is 6.01. The molecule has 0 unspecified atom stereocenters. The Balaban J connectivity index is 0. The normalized spacial score (nSPS) is 7.90. The van der Waals surface area contributed by atoms with Crippen molar-refractivity contribution in [1.29, 1.82) is 0 Å². The maximum atomic E-state index is 8.46. The van der Waals surface area contributed by atoms with Crippen molar-refractivity contribution in [2.75, 3.05) is 0 Å². The van der Waals surface area contributed by atoms with Crippen LogP contribution in [0.5, 0.6) is 0 Å². The second-order valence-corrected chi connectivity index (χ2v) is 4.06. The van der Waals surface area contributed by atoms with E-state index in [0.29, 0.717) is 0 Å². The van der Waals surface area contributed by atoms with Crippen LogP contribution in [-0.2, 0) is 4.57 Å². The minimum absolute atomic E-state index is 0.816. The molecular weight excluding hydrogens is 162 g/mol. The topological polar surface area (TPSA) is 37.3 Å². The Kier molecular flexibility index (Phi) is 21.5. The van der Waals surface area contributed by atoms with Gasteiger partial charge in [-0.15, -0.1) is 0 Å². The van der Waals surface area contributed by atoms with E-state index >= 15 is 0 Å². The van der Waals surface area contributed by atoms with Crippen LogP contribution in [0.15, 0.2) is 0 Å². The molecule has 0 spiro atoms. The Labute approximate surface area is 71.0 Å². The summed E-state index contributed by atoms with van der Waals surface area (Å²) in [6.45, 7) is 4.54. The number of hydrogen-bond donors (Lipinski definition) is 1. The first kappa shape index (κ1) is 13.2. The number of unbranched alkanes of at least 4 members (excludes halogenated alkanes) is 1. The van der Waals surface area contributed by atoms with Gasteiger partial charge in [-0.1, -0.05) is 0 Å². The van der Waals surface area contributed by atoms with Gasteiger partial charge in [-0.05, 0) is 0 Å². The summed E-state index contributed by atoms with van der Waals surface area (Å²) in [6, 6.07) is 0. The fourth-order valence-corrected chi connectivity index (χ4v) is 1.66. The van der Waals surface area contributed by atoms with Gasteiger partial charge in [-0.2, -0.15) is 0 Å². The van der Waals surface area contributed by atoms with Crippen molar-refractivity contribution in [3.05, 3.63) is 0 Å². The molecular formula is C6H15AlO2P+. The van der Waals surface area contributed by atoms with Crippen LogP contribution in [0.4, 0.5) is 0 Å². The fraction of sp³-hybridized carbons (Fsp3) is 1.00. The Morgan fingerprint density at radius 2 is 2.00 bits per heavy atom. The molecule has 0 aliphatic heterocycles. The summed E-state index contributed by atoms with van der Waals surface area (Å²) in [5, 5.41) is 2.97. The SMILES string of the molecule is CCC[CH2][Al+][CH2]C.O=PO. The minimum Gasteiger partial charge on any atom is -0.310 e.